The van der Waals surface area contributed by atoms with Crippen LogP contribution in [0, 0.1) is 0 Å². The van der Waals surface area contributed by atoms with Gasteiger partial charge in [-0.25, -0.2) is 23.2 Å². The van der Waals surface area contributed by atoms with Crippen molar-refractivity contribution in [2.24, 2.45) is 5.14 Å². The van der Waals surface area contributed by atoms with Gasteiger partial charge in [-0.2, -0.15) is 0 Å². The van der Waals surface area contributed by atoms with Gasteiger partial charge in [-0.3, -0.25) is 4.79 Å². The Morgan fingerprint density at radius 3 is 2.70 bits per heavy atom. The molecule has 0 bridgehead atoms. The van der Waals surface area contributed by atoms with E-state index in [9.17, 15) is 13.2 Å². The molecule has 3 aromatic carbocycles. The average molecular weight is 616 g/mol. The number of carbonyl (C=O) groups is 1. The molecule has 0 spiro atoms. The number of sulfonamides is 1. The number of nitrogens with zero attached hydrogens (tertiary/aromatic N) is 4. The molecule has 6 aromatic rings. The van der Waals surface area contributed by atoms with Crippen molar-refractivity contribution in [2.45, 2.75) is 42.8 Å². The number of aromatic nitrogens is 5. The molecule has 6 rings (SSSR count). The molecular weight excluding hydrogens is 587 g/mol. The van der Waals surface area contributed by atoms with E-state index in [1.165, 1.54) is 0 Å². The fraction of sp³-hybridized carbons (Fsp3) is 0.200. The molecule has 0 unspecified atom stereocenters. The molecule has 0 saturated heterocycles. The number of fused-ring (bicyclic) bond motifs is 2. The molecule has 220 valence electrons. The number of H-pyrrole nitrogens is 1. The van der Waals surface area contributed by atoms with Crippen LogP contribution < -0.4 is 15.2 Å². The predicted octanol–water partition coefficient (Wildman–Crippen LogP) is 4.13. The number of hydrogen-bond acceptors (Lipinski definition) is 8. The summed E-state index contributed by atoms with van der Waals surface area (Å²) in [7, 11) is -3.89. The number of rotatable bonds is 11. The standard InChI is InChI=1S/C30H29N7O4S2/c1-19(13-21-16-32-25-10-6-5-9-24(21)25)33-29(38)27(14-20-7-3-2-4-8-20)37-17-22(35-36-37)18-41-23-11-12-26-28(15-23)42-30(34-26)43(31,39)40/h2-12,15-17,19,27,32H,13-14,18H2,1H3,(H,33,38)(H2,31,39,40)/t19-,27+/m1/s1. The van der Waals surface area contributed by atoms with Gasteiger partial charge in [0.1, 0.15) is 24.1 Å². The highest BCUT2D eigenvalue weighted by Gasteiger charge is 2.25. The Kier molecular flexibility index (Phi) is 7.93. The minimum atomic E-state index is -3.89. The molecule has 1 amide bonds. The number of nitrogens with two attached hydrogens (primary N) is 1. The quantitative estimate of drug-likeness (QED) is 0.198. The van der Waals surface area contributed by atoms with Crippen molar-refractivity contribution in [1.29, 1.82) is 0 Å². The third-order valence-corrected chi connectivity index (χ3v) is 9.35. The highest BCUT2D eigenvalue weighted by molar-refractivity contribution is 7.91. The first-order valence-corrected chi connectivity index (χ1v) is 16.0. The Hall–Kier alpha value is -4.59. The van der Waals surface area contributed by atoms with E-state index in [2.05, 4.69) is 31.7 Å². The number of primary sulfonamides is 1. The lowest BCUT2D eigenvalue weighted by Gasteiger charge is -2.20. The van der Waals surface area contributed by atoms with Crippen LogP contribution in [-0.2, 0) is 34.3 Å². The molecular formula is C30H29N7O4S2. The Labute approximate surface area is 251 Å². The highest BCUT2D eigenvalue weighted by atomic mass is 32.2. The van der Waals surface area contributed by atoms with E-state index < -0.39 is 16.1 Å². The molecule has 43 heavy (non-hydrogen) atoms. The number of hydrogen-bond donors (Lipinski definition) is 3. The first-order chi connectivity index (χ1) is 20.7. The van der Waals surface area contributed by atoms with Crippen LogP contribution in [0.25, 0.3) is 21.1 Å². The SMILES string of the molecule is C[C@H](Cc1c[nH]c2ccccc12)NC(=O)[C@H](Cc1ccccc1)n1cc(COc2ccc3nc(S(N)(=O)=O)sc3c2)nn1. The second-order valence-corrected chi connectivity index (χ2v) is 13.1. The molecule has 2 atom stereocenters. The summed E-state index contributed by atoms with van der Waals surface area (Å²) in [5.41, 5.74) is 4.25. The summed E-state index contributed by atoms with van der Waals surface area (Å²) in [5, 5.41) is 18.1. The Morgan fingerprint density at radius 2 is 1.88 bits per heavy atom. The van der Waals surface area contributed by atoms with Gasteiger partial charge in [0.15, 0.2) is 0 Å². The smallest absolute Gasteiger partial charge is 0.265 e. The summed E-state index contributed by atoms with van der Waals surface area (Å²) in [6, 6.07) is 22.2. The largest absolute Gasteiger partial charge is 0.487 e. The van der Waals surface area contributed by atoms with Crippen molar-refractivity contribution in [3.05, 3.63) is 102 Å². The van der Waals surface area contributed by atoms with E-state index in [0.29, 0.717) is 34.5 Å². The van der Waals surface area contributed by atoms with Crippen molar-refractivity contribution in [1.82, 2.24) is 30.3 Å². The normalized spacial score (nSPS) is 13.3. The third-order valence-electron chi connectivity index (χ3n) is 7.01. The summed E-state index contributed by atoms with van der Waals surface area (Å²) in [6.07, 6.45) is 4.81. The Bertz CT molecular complexity index is 2000. The maximum absolute atomic E-state index is 13.6. The molecule has 3 aromatic heterocycles. The minimum absolute atomic E-state index is 0.100. The van der Waals surface area contributed by atoms with Crippen LogP contribution in [0.15, 0.2) is 89.5 Å². The molecule has 0 aliphatic rings. The van der Waals surface area contributed by atoms with Gasteiger partial charge in [-0.15, -0.1) is 16.4 Å². The van der Waals surface area contributed by atoms with E-state index in [0.717, 1.165) is 33.4 Å². The van der Waals surface area contributed by atoms with Gasteiger partial charge in [-0.05, 0) is 48.7 Å². The summed E-state index contributed by atoms with van der Waals surface area (Å²) in [6.45, 7) is 2.09. The number of nitrogens with one attached hydrogen (secondary N) is 2. The second-order valence-electron chi connectivity index (χ2n) is 10.3. The van der Waals surface area contributed by atoms with Crippen molar-refractivity contribution in [2.75, 3.05) is 0 Å². The number of aromatic amines is 1. The molecule has 11 nitrogen and oxygen atoms in total. The lowest BCUT2D eigenvalue weighted by Crippen LogP contribution is -2.40. The summed E-state index contributed by atoms with van der Waals surface area (Å²) in [5.74, 6) is 0.353. The number of benzene rings is 3. The van der Waals surface area contributed by atoms with Crippen LogP contribution in [0.5, 0.6) is 5.75 Å². The monoisotopic (exact) mass is 615 g/mol. The molecule has 0 radical (unpaired) electrons. The second kappa shape index (κ2) is 12.0. The van der Waals surface area contributed by atoms with Crippen molar-refractivity contribution in [3.8, 4) is 5.75 Å². The van der Waals surface area contributed by atoms with Gasteiger partial charge in [0, 0.05) is 29.6 Å². The van der Waals surface area contributed by atoms with Gasteiger partial charge < -0.3 is 15.0 Å². The number of para-hydroxylation sites is 1. The molecule has 0 saturated carbocycles. The average Bonchev–Trinajstić information content (AvgIpc) is 3.74. The van der Waals surface area contributed by atoms with E-state index in [4.69, 9.17) is 9.88 Å². The fourth-order valence-corrected chi connectivity index (χ4v) is 6.63. The van der Waals surface area contributed by atoms with Crippen LogP contribution >= 0.6 is 11.3 Å². The molecule has 13 heteroatoms. The zero-order valence-electron chi connectivity index (χ0n) is 23.2. The van der Waals surface area contributed by atoms with Crippen molar-refractivity contribution in [3.63, 3.8) is 0 Å². The summed E-state index contributed by atoms with van der Waals surface area (Å²) < 4.78 is 31.2. The molecule has 0 aliphatic carbocycles. The summed E-state index contributed by atoms with van der Waals surface area (Å²) in [4.78, 5) is 21.0. The molecule has 0 aliphatic heterocycles. The molecule has 4 N–H and O–H groups in total. The number of thiazole rings is 1. The maximum Gasteiger partial charge on any atom is 0.265 e. The highest BCUT2D eigenvalue weighted by Crippen LogP contribution is 2.28. The van der Waals surface area contributed by atoms with E-state index >= 15 is 0 Å². The van der Waals surface area contributed by atoms with Crippen LogP contribution in [0.1, 0.15) is 29.8 Å². The van der Waals surface area contributed by atoms with Gasteiger partial charge in [0.2, 0.25) is 10.2 Å². The minimum Gasteiger partial charge on any atom is -0.487 e. The lowest BCUT2D eigenvalue weighted by molar-refractivity contribution is -0.125. The van der Waals surface area contributed by atoms with Gasteiger partial charge >= 0.3 is 0 Å². The zero-order valence-corrected chi connectivity index (χ0v) is 24.8. The maximum atomic E-state index is 13.6. The van der Waals surface area contributed by atoms with Crippen molar-refractivity contribution < 1.29 is 17.9 Å². The molecule has 3 heterocycles. The van der Waals surface area contributed by atoms with Crippen LogP contribution in [-0.4, -0.2) is 45.3 Å². The third kappa shape index (κ3) is 6.58. The Balaban J connectivity index is 1.16. The first kappa shape index (κ1) is 28.5. The Morgan fingerprint density at radius 1 is 1.09 bits per heavy atom. The molecule has 0 fully saturated rings. The predicted molar refractivity (Wildman–Crippen MR) is 164 cm³/mol. The van der Waals surface area contributed by atoms with Crippen molar-refractivity contribution >= 4 is 48.4 Å². The zero-order chi connectivity index (χ0) is 30.0. The topological polar surface area (TPSA) is 158 Å². The van der Waals surface area contributed by atoms with E-state index in [1.807, 2.05) is 61.7 Å². The van der Waals surface area contributed by atoms with Crippen LogP contribution in [0.2, 0.25) is 0 Å². The number of ether oxygens (including phenoxy) is 1. The first-order valence-electron chi connectivity index (χ1n) is 13.6. The lowest BCUT2D eigenvalue weighted by atomic mass is 10.0. The van der Waals surface area contributed by atoms with Gasteiger partial charge in [0.05, 0.1) is 16.4 Å². The fourth-order valence-electron chi connectivity index (χ4n) is 4.95. The van der Waals surface area contributed by atoms with E-state index in [-0.39, 0.29) is 22.9 Å². The van der Waals surface area contributed by atoms with Crippen LogP contribution in [0.4, 0.5) is 0 Å². The summed E-state index contributed by atoms with van der Waals surface area (Å²) >= 11 is 0.976. The number of carbonyl (C=O) groups excluding carboxylic acids is 1. The van der Waals surface area contributed by atoms with Crippen LogP contribution in [0.3, 0.4) is 0 Å². The van der Waals surface area contributed by atoms with Gasteiger partial charge in [-0.1, -0.05) is 53.7 Å². The van der Waals surface area contributed by atoms with Gasteiger partial charge in [0.25, 0.3) is 10.0 Å². The number of amides is 1. The van der Waals surface area contributed by atoms with E-state index in [1.54, 1.807) is 29.1 Å².